The molecule has 1 aromatic heterocycles. The highest BCUT2D eigenvalue weighted by Crippen LogP contribution is 2.27. The average Bonchev–Trinajstić information content (AvgIpc) is 3.27. The lowest BCUT2D eigenvalue weighted by molar-refractivity contribution is -0.402. The summed E-state index contributed by atoms with van der Waals surface area (Å²) in [5.41, 5.74) is 2.28. The smallest absolute Gasteiger partial charge is 0.433 e. The van der Waals surface area contributed by atoms with E-state index in [0.29, 0.717) is 13.0 Å². The third-order valence-corrected chi connectivity index (χ3v) is 4.47. The van der Waals surface area contributed by atoms with Crippen LogP contribution in [0.5, 0.6) is 0 Å². The van der Waals surface area contributed by atoms with Gasteiger partial charge in [0, 0.05) is 12.5 Å². The number of nitro groups is 1. The first kappa shape index (κ1) is 20.8. The Balaban J connectivity index is 1.50. The molecule has 2 aromatic carbocycles. The van der Waals surface area contributed by atoms with Crippen molar-refractivity contribution >= 4 is 17.8 Å². The summed E-state index contributed by atoms with van der Waals surface area (Å²) in [7, 11) is 0. The maximum atomic E-state index is 12.0. The molecule has 0 aliphatic rings. The molecule has 0 saturated heterocycles. The Morgan fingerprint density at radius 3 is 2.10 bits per heavy atom. The molecule has 154 valence electrons. The number of esters is 1. The van der Waals surface area contributed by atoms with E-state index >= 15 is 0 Å². The lowest BCUT2D eigenvalue weighted by Gasteiger charge is -2.18. The van der Waals surface area contributed by atoms with Gasteiger partial charge >= 0.3 is 11.9 Å². The molecule has 0 bridgehead atoms. The molecule has 3 rings (SSSR count). The predicted molar refractivity (Wildman–Crippen MR) is 108 cm³/mol. The van der Waals surface area contributed by atoms with Crippen molar-refractivity contribution in [2.75, 3.05) is 13.2 Å². The lowest BCUT2D eigenvalue weighted by atomic mass is 9.88. The van der Waals surface area contributed by atoms with E-state index in [2.05, 4.69) is 5.32 Å². The number of furan rings is 1. The minimum absolute atomic E-state index is 0.110. The molecule has 0 aliphatic heterocycles. The van der Waals surface area contributed by atoms with E-state index in [1.54, 1.807) is 0 Å². The van der Waals surface area contributed by atoms with Gasteiger partial charge in [0.25, 0.3) is 5.91 Å². The Labute approximate surface area is 172 Å². The van der Waals surface area contributed by atoms with Gasteiger partial charge in [0.1, 0.15) is 4.92 Å². The van der Waals surface area contributed by atoms with E-state index in [4.69, 9.17) is 9.15 Å². The number of benzene rings is 2. The number of amides is 1. The van der Waals surface area contributed by atoms with Gasteiger partial charge in [-0.25, -0.2) is 4.79 Å². The first-order valence-electron chi connectivity index (χ1n) is 9.32. The number of nitrogens with zero attached hydrogens (tertiary/aromatic N) is 1. The number of hydrogen-bond donors (Lipinski definition) is 1. The highest BCUT2D eigenvalue weighted by molar-refractivity contribution is 5.89. The molecular formula is C22H20N2O6. The monoisotopic (exact) mass is 408 g/mol. The molecule has 30 heavy (non-hydrogen) atoms. The van der Waals surface area contributed by atoms with Crippen molar-refractivity contribution in [1.82, 2.24) is 5.32 Å². The van der Waals surface area contributed by atoms with E-state index < -0.39 is 29.3 Å². The van der Waals surface area contributed by atoms with Crippen LogP contribution < -0.4 is 5.32 Å². The van der Waals surface area contributed by atoms with Gasteiger partial charge in [-0.3, -0.25) is 14.9 Å². The molecule has 8 heteroatoms. The number of nitrogens with one attached hydrogen (secondary N) is 1. The number of hydrogen-bond acceptors (Lipinski definition) is 6. The molecule has 0 aliphatic carbocycles. The first-order chi connectivity index (χ1) is 14.5. The Morgan fingerprint density at radius 2 is 1.57 bits per heavy atom. The molecule has 0 spiro atoms. The van der Waals surface area contributed by atoms with Crippen LogP contribution in [0.25, 0.3) is 0 Å². The van der Waals surface area contributed by atoms with Crippen molar-refractivity contribution in [3.05, 3.63) is 99.8 Å². The topological polar surface area (TPSA) is 112 Å². The molecule has 8 nitrogen and oxygen atoms in total. The molecule has 0 atom stereocenters. The van der Waals surface area contributed by atoms with Crippen molar-refractivity contribution < 1.29 is 23.7 Å². The molecular weight excluding hydrogens is 388 g/mol. The second-order valence-electron chi connectivity index (χ2n) is 6.48. The zero-order valence-corrected chi connectivity index (χ0v) is 16.0. The number of carbonyl (C=O) groups is 2. The standard InChI is InChI=1S/C22H20N2O6/c25-20(15-29-22(26)19-11-12-21(30-19)24(27)28)23-14-13-18(16-7-3-1-4-8-16)17-9-5-2-6-10-17/h1-12,18H,13-15H2,(H,23,25). The van der Waals surface area contributed by atoms with Crippen LogP contribution in [0.4, 0.5) is 5.88 Å². The van der Waals surface area contributed by atoms with E-state index in [0.717, 1.165) is 23.3 Å². The van der Waals surface area contributed by atoms with Crippen LogP contribution in [0.2, 0.25) is 0 Å². The highest BCUT2D eigenvalue weighted by Gasteiger charge is 2.19. The average molecular weight is 408 g/mol. The molecule has 1 heterocycles. The summed E-state index contributed by atoms with van der Waals surface area (Å²) in [5.74, 6) is -2.20. The van der Waals surface area contributed by atoms with Crippen LogP contribution in [-0.4, -0.2) is 30.0 Å². The Morgan fingerprint density at radius 1 is 0.967 bits per heavy atom. The van der Waals surface area contributed by atoms with Crippen LogP contribution in [0, 0.1) is 10.1 Å². The fourth-order valence-electron chi connectivity index (χ4n) is 3.04. The van der Waals surface area contributed by atoms with Gasteiger partial charge in [-0.1, -0.05) is 60.7 Å². The second kappa shape index (κ2) is 10.0. The molecule has 0 fully saturated rings. The number of ether oxygens (including phenoxy) is 1. The van der Waals surface area contributed by atoms with Crippen molar-refractivity contribution in [3.8, 4) is 0 Å². The molecule has 1 amide bonds. The minimum Gasteiger partial charge on any atom is -0.450 e. The predicted octanol–water partition coefficient (Wildman–Crippen LogP) is 3.68. The molecule has 0 unspecified atom stereocenters. The van der Waals surface area contributed by atoms with Gasteiger partial charge in [0.2, 0.25) is 5.76 Å². The van der Waals surface area contributed by atoms with Crippen LogP contribution in [0.15, 0.2) is 77.2 Å². The van der Waals surface area contributed by atoms with Gasteiger partial charge in [0.05, 0.1) is 6.07 Å². The summed E-state index contributed by atoms with van der Waals surface area (Å²) >= 11 is 0. The summed E-state index contributed by atoms with van der Waals surface area (Å²) in [6.07, 6.45) is 0.665. The Kier molecular flexibility index (Phi) is 6.94. The summed E-state index contributed by atoms with van der Waals surface area (Å²) in [5, 5.41) is 13.3. The summed E-state index contributed by atoms with van der Waals surface area (Å²) < 4.78 is 9.59. The zero-order chi connectivity index (χ0) is 21.3. The quantitative estimate of drug-likeness (QED) is 0.328. The summed E-state index contributed by atoms with van der Waals surface area (Å²) in [6.45, 7) is -0.119. The molecule has 1 N–H and O–H groups in total. The van der Waals surface area contributed by atoms with Gasteiger partial charge in [-0.15, -0.1) is 0 Å². The molecule has 0 saturated carbocycles. The fraction of sp³-hybridized carbons (Fsp3) is 0.182. The van der Waals surface area contributed by atoms with Crippen molar-refractivity contribution in [3.63, 3.8) is 0 Å². The van der Waals surface area contributed by atoms with Crippen LogP contribution in [0.3, 0.4) is 0 Å². The van der Waals surface area contributed by atoms with Gasteiger partial charge < -0.3 is 14.5 Å². The second-order valence-corrected chi connectivity index (χ2v) is 6.48. The van der Waals surface area contributed by atoms with Crippen molar-refractivity contribution in [2.24, 2.45) is 0 Å². The van der Waals surface area contributed by atoms with E-state index in [-0.39, 0.29) is 11.7 Å². The van der Waals surface area contributed by atoms with Gasteiger partial charge in [0.15, 0.2) is 6.61 Å². The maximum absolute atomic E-state index is 12.0. The molecule has 3 aromatic rings. The van der Waals surface area contributed by atoms with Crippen LogP contribution in [0.1, 0.15) is 34.0 Å². The zero-order valence-electron chi connectivity index (χ0n) is 16.0. The number of rotatable bonds is 9. The van der Waals surface area contributed by atoms with Gasteiger partial charge in [-0.2, -0.15) is 0 Å². The van der Waals surface area contributed by atoms with E-state index in [1.807, 2.05) is 60.7 Å². The van der Waals surface area contributed by atoms with E-state index in [1.165, 1.54) is 0 Å². The van der Waals surface area contributed by atoms with Gasteiger partial charge in [-0.05, 0) is 23.6 Å². The summed E-state index contributed by atoms with van der Waals surface area (Å²) in [4.78, 5) is 33.7. The van der Waals surface area contributed by atoms with Crippen LogP contribution >= 0.6 is 0 Å². The maximum Gasteiger partial charge on any atom is 0.433 e. The Bertz CT molecular complexity index is 961. The fourth-order valence-corrected chi connectivity index (χ4v) is 3.04. The Hall–Kier alpha value is -3.94. The highest BCUT2D eigenvalue weighted by atomic mass is 16.7. The molecule has 0 radical (unpaired) electrons. The lowest BCUT2D eigenvalue weighted by Crippen LogP contribution is -2.30. The van der Waals surface area contributed by atoms with Crippen LogP contribution in [-0.2, 0) is 9.53 Å². The van der Waals surface area contributed by atoms with Crippen molar-refractivity contribution in [2.45, 2.75) is 12.3 Å². The van der Waals surface area contributed by atoms with E-state index in [9.17, 15) is 19.7 Å². The first-order valence-corrected chi connectivity index (χ1v) is 9.32. The van der Waals surface area contributed by atoms with Crippen molar-refractivity contribution in [1.29, 1.82) is 0 Å². The largest absolute Gasteiger partial charge is 0.450 e. The SMILES string of the molecule is O=C(COC(=O)c1ccc([N+](=O)[O-])o1)NCCC(c1ccccc1)c1ccccc1. The minimum atomic E-state index is -0.940. The third-order valence-electron chi connectivity index (χ3n) is 4.47. The normalized spacial score (nSPS) is 10.6. The third kappa shape index (κ3) is 5.54. The number of carbonyl (C=O) groups excluding carboxylic acids is 2. The summed E-state index contributed by atoms with van der Waals surface area (Å²) in [6, 6.07) is 22.2.